The number of aromatic nitrogens is 2. The molecule has 22 heavy (non-hydrogen) atoms. The molecule has 0 spiro atoms. The summed E-state index contributed by atoms with van der Waals surface area (Å²) >= 11 is 1.40. The van der Waals surface area contributed by atoms with Crippen molar-refractivity contribution in [1.29, 1.82) is 0 Å². The Labute approximate surface area is 131 Å². The molecule has 1 aliphatic heterocycles. The molecule has 0 radical (unpaired) electrons. The standard InChI is InChI=1S/C14H18N4O3S/c1-8-6-17(3)7-11(21-8)12(19)16-18-9(2)15-13-10(14(18)20)4-5-22-13/h4-5,8,11H,6-7H2,1-3H3,(H,16,19). The fourth-order valence-corrected chi connectivity index (χ4v) is 3.44. The normalized spacial score (nSPS) is 22.9. The van der Waals surface area contributed by atoms with Gasteiger partial charge in [-0.1, -0.05) is 0 Å². The van der Waals surface area contributed by atoms with Crippen LogP contribution >= 0.6 is 11.3 Å². The minimum atomic E-state index is -0.599. The number of nitrogens with zero attached hydrogens (tertiary/aromatic N) is 3. The van der Waals surface area contributed by atoms with Crippen LogP contribution in [0.2, 0.25) is 0 Å². The van der Waals surface area contributed by atoms with Crippen molar-refractivity contribution in [2.24, 2.45) is 0 Å². The first-order chi connectivity index (χ1) is 10.5. The highest BCUT2D eigenvalue weighted by molar-refractivity contribution is 7.16. The first-order valence-electron chi connectivity index (χ1n) is 7.07. The Morgan fingerprint density at radius 2 is 2.27 bits per heavy atom. The minimum absolute atomic E-state index is 0.0233. The summed E-state index contributed by atoms with van der Waals surface area (Å²) in [6, 6.07) is 1.71. The van der Waals surface area contributed by atoms with Crippen LogP contribution in [-0.4, -0.2) is 52.8 Å². The van der Waals surface area contributed by atoms with Crippen molar-refractivity contribution < 1.29 is 9.53 Å². The third-order valence-corrected chi connectivity index (χ3v) is 4.43. The van der Waals surface area contributed by atoms with E-state index in [-0.39, 0.29) is 17.6 Å². The van der Waals surface area contributed by atoms with Crippen LogP contribution in [0.4, 0.5) is 0 Å². The number of amides is 1. The van der Waals surface area contributed by atoms with Gasteiger partial charge in [0.25, 0.3) is 11.5 Å². The van der Waals surface area contributed by atoms with Gasteiger partial charge in [-0.3, -0.25) is 15.0 Å². The number of hydrogen-bond donors (Lipinski definition) is 1. The van der Waals surface area contributed by atoms with Gasteiger partial charge in [0.2, 0.25) is 0 Å². The molecule has 0 aliphatic carbocycles. The first-order valence-corrected chi connectivity index (χ1v) is 7.95. The van der Waals surface area contributed by atoms with E-state index in [1.54, 1.807) is 13.0 Å². The summed E-state index contributed by atoms with van der Waals surface area (Å²) in [5.74, 6) is 0.116. The van der Waals surface area contributed by atoms with Crippen LogP contribution < -0.4 is 11.0 Å². The molecular formula is C14H18N4O3S. The van der Waals surface area contributed by atoms with Crippen LogP contribution in [-0.2, 0) is 9.53 Å². The second-order valence-corrected chi connectivity index (χ2v) is 6.47. The predicted molar refractivity (Wildman–Crippen MR) is 84.8 cm³/mol. The van der Waals surface area contributed by atoms with Crippen LogP contribution in [0.25, 0.3) is 10.2 Å². The number of ether oxygens (including phenoxy) is 1. The van der Waals surface area contributed by atoms with Gasteiger partial charge in [-0.2, -0.15) is 0 Å². The molecule has 1 amide bonds. The Morgan fingerprint density at radius 1 is 1.50 bits per heavy atom. The third-order valence-electron chi connectivity index (χ3n) is 3.62. The zero-order chi connectivity index (χ0) is 15.9. The molecule has 7 nitrogen and oxygen atoms in total. The minimum Gasteiger partial charge on any atom is -0.363 e. The molecule has 1 N–H and O–H groups in total. The van der Waals surface area contributed by atoms with Crippen LogP contribution in [0, 0.1) is 6.92 Å². The number of carbonyl (C=O) groups is 1. The zero-order valence-corrected chi connectivity index (χ0v) is 13.5. The maximum absolute atomic E-state index is 12.4. The van der Waals surface area contributed by atoms with E-state index < -0.39 is 6.10 Å². The Morgan fingerprint density at radius 3 is 3.00 bits per heavy atom. The van der Waals surface area contributed by atoms with E-state index in [9.17, 15) is 9.59 Å². The number of rotatable bonds is 2. The molecule has 1 saturated heterocycles. The molecule has 2 aromatic heterocycles. The quantitative estimate of drug-likeness (QED) is 0.874. The van der Waals surface area contributed by atoms with E-state index in [2.05, 4.69) is 10.4 Å². The average Bonchev–Trinajstić information content (AvgIpc) is 2.90. The number of likely N-dealkylation sites (N-methyl/N-ethyl adjacent to an activating group) is 1. The van der Waals surface area contributed by atoms with Gasteiger partial charge in [-0.25, -0.2) is 9.66 Å². The van der Waals surface area contributed by atoms with Crippen LogP contribution in [0.3, 0.4) is 0 Å². The molecule has 3 rings (SSSR count). The van der Waals surface area contributed by atoms with Crippen LogP contribution in [0.15, 0.2) is 16.2 Å². The fraction of sp³-hybridized carbons (Fsp3) is 0.500. The van der Waals surface area contributed by atoms with Gasteiger partial charge in [-0.15, -0.1) is 11.3 Å². The van der Waals surface area contributed by atoms with Gasteiger partial charge >= 0.3 is 0 Å². The van der Waals surface area contributed by atoms with E-state index in [0.29, 0.717) is 22.6 Å². The summed E-state index contributed by atoms with van der Waals surface area (Å²) in [6.07, 6.45) is -0.622. The number of nitrogens with one attached hydrogen (secondary N) is 1. The van der Waals surface area contributed by atoms with E-state index >= 15 is 0 Å². The Hall–Kier alpha value is -1.77. The number of thiophene rings is 1. The van der Waals surface area contributed by atoms with Crippen molar-refractivity contribution in [3.05, 3.63) is 27.6 Å². The highest BCUT2D eigenvalue weighted by atomic mass is 32.1. The summed E-state index contributed by atoms with van der Waals surface area (Å²) in [7, 11) is 1.94. The lowest BCUT2D eigenvalue weighted by Gasteiger charge is -2.33. The highest BCUT2D eigenvalue weighted by Gasteiger charge is 2.29. The van der Waals surface area contributed by atoms with Gasteiger partial charge in [0.15, 0.2) is 6.10 Å². The van der Waals surface area contributed by atoms with Crippen molar-refractivity contribution in [3.63, 3.8) is 0 Å². The van der Waals surface area contributed by atoms with Gasteiger partial charge in [-0.05, 0) is 32.3 Å². The van der Waals surface area contributed by atoms with E-state index in [4.69, 9.17) is 4.74 Å². The summed E-state index contributed by atoms with van der Waals surface area (Å²) in [6.45, 7) is 4.90. The smallest absolute Gasteiger partial charge is 0.281 e. The molecule has 3 heterocycles. The third kappa shape index (κ3) is 2.77. The van der Waals surface area contributed by atoms with E-state index in [1.807, 2.05) is 24.3 Å². The monoisotopic (exact) mass is 322 g/mol. The molecule has 1 aliphatic rings. The predicted octanol–water partition coefficient (Wildman–Crippen LogP) is 0.556. The Bertz CT molecular complexity index is 759. The fourth-order valence-electron chi connectivity index (χ4n) is 2.64. The molecule has 2 atom stereocenters. The number of carbonyl (C=O) groups excluding carboxylic acids is 1. The lowest BCUT2D eigenvalue weighted by Crippen LogP contribution is -2.51. The topological polar surface area (TPSA) is 76.5 Å². The highest BCUT2D eigenvalue weighted by Crippen LogP contribution is 2.15. The average molecular weight is 322 g/mol. The van der Waals surface area contributed by atoms with E-state index in [0.717, 1.165) is 6.54 Å². The second-order valence-electron chi connectivity index (χ2n) is 5.57. The van der Waals surface area contributed by atoms with Gasteiger partial charge in [0, 0.05) is 13.1 Å². The summed E-state index contributed by atoms with van der Waals surface area (Å²) in [5.41, 5.74) is 2.36. The molecule has 118 valence electrons. The van der Waals surface area contributed by atoms with Crippen LogP contribution in [0.5, 0.6) is 0 Å². The molecular weight excluding hydrogens is 304 g/mol. The lowest BCUT2D eigenvalue weighted by atomic mass is 10.2. The molecule has 0 saturated carbocycles. The molecule has 2 aromatic rings. The molecule has 2 unspecified atom stereocenters. The second kappa shape index (κ2) is 5.79. The zero-order valence-electron chi connectivity index (χ0n) is 12.7. The van der Waals surface area contributed by atoms with Crippen molar-refractivity contribution >= 4 is 27.5 Å². The Kier molecular flexibility index (Phi) is 3.98. The maximum atomic E-state index is 12.4. The Balaban J connectivity index is 1.86. The van der Waals surface area contributed by atoms with Crippen molar-refractivity contribution in [1.82, 2.24) is 14.6 Å². The first kappa shape index (κ1) is 15.1. The summed E-state index contributed by atoms with van der Waals surface area (Å²) in [4.78, 5) is 31.9. The molecule has 0 bridgehead atoms. The van der Waals surface area contributed by atoms with Crippen molar-refractivity contribution in [2.75, 3.05) is 25.6 Å². The molecule has 8 heteroatoms. The molecule has 1 fully saturated rings. The number of hydrogen-bond acceptors (Lipinski definition) is 6. The number of fused-ring (bicyclic) bond motifs is 1. The SMILES string of the molecule is Cc1nc2sccc2c(=O)n1NC(=O)C1CN(C)CC(C)O1. The van der Waals surface area contributed by atoms with Gasteiger partial charge in [0.05, 0.1) is 11.5 Å². The largest absolute Gasteiger partial charge is 0.363 e. The number of aryl methyl sites for hydroxylation is 1. The summed E-state index contributed by atoms with van der Waals surface area (Å²) in [5, 5.41) is 2.32. The summed E-state index contributed by atoms with van der Waals surface area (Å²) < 4.78 is 6.85. The molecule has 0 aromatic carbocycles. The van der Waals surface area contributed by atoms with Gasteiger partial charge in [0.1, 0.15) is 10.7 Å². The lowest BCUT2D eigenvalue weighted by molar-refractivity contribution is -0.140. The van der Waals surface area contributed by atoms with Crippen LogP contribution in [0.1, 0.15) is 12.7 Å². The van der Waals surface area contributed by atoms with Gasteiger partial charge < -0.3 is 9.64 Å². The van der Waals surface area contributed by atoms with Crippen molar-refractivity contribution in [3.8, 4) is 0 Å². The number of morpholine rings is 1. The van der Waals surface area contributed by atoms with Crippen molar-refractivity contribution in [2.45, 2.75) is 26.1 Å². The van der Waals surface area contributed by atoms with E-state index in [1.165, 1.54) is 16.0 Å². The maximum Gasteiger partial charge on any atom is 0.281 e.